The van der Waals surface area contributed by atoms with Crippen LogP contribution >= 0.6 is 0 Å². The zero-order valence-electron chi connectivity index (χ0n) is 12.3. The van der Waals surface area contributed by atoms with Crippen molar-refractivity contribution in [2.45, 2.75) is 0 Å². The maximum absolute atomic E-state index is 13.3. The van der Waals surface area contributed by atoms with Gasteiger partial charge in [0.1, 0.15) is 5.75 Å². The Kier molecular flexibility index (Phi) is 5.51. The van der Waals surface area contributed by atoms with Crippen LogP contribution < -0.4 is 20.3 Å². The van der Waals surface area contributed by atoms with Gasteiger partial charge in [-0.25, -0.2) is 4.39 Å². The molecular weight excluding hydrogens is 303 g/mol. The second kappa shape index (κ2) is 7.79. The zero-order valence-corrected chi connectivity index (χ0v) is 12.3. The lowest BCUT2D eigenvalue weighted by Crippen LogP contribution is -2.43. The van der Waals surface area contributed by atoms with Crippen LogP contribution in [0.15, 0.2) is 48.5 Å². The first-order valence-corrected chi connectivity index (χ1v) is 6.70. The molecule has 2 amide bonds. The van der Waals surface area contributed by atoms with Gasteiger partial charge in [0.15, 0.2) is 18.2 Å². The number of ether oxygens (including phenoxy) is 2. The molecule has 0 aliphatic heterocycles. The van der Waals surface area contributed by atoms with E-state index in [1.807, 2.05) is 0 Å². The van der Waals surface area contributed by atoms with E-state index in [1.54, 1.807) is 24.3 Å². The van der Waals surface area contributed by atoms with Crippen LogP contribution in [0.25, 0.3) is 0 Å². The molecule has 0 radical (unpaired) electrons. The Morgan fingerprint density at radius 3 is 2.61 bits per heavy atom. The Morgan fingerprint density at radius 2 is 1.87 bits per heavy atom. The number of hydrazine groups is 1. The number of para-hydroxylation sites is 1. The summed E-state index contributed by atoms with van der Waals surface area (Å²) < 4.78 is 23.3. The molecule has 2 aromatic rings. The van der Waals surface area contributed by atoms with Crippen LogP contribution in [0.3, 0.4) is 0 Å². The van der Waals surface area contributed by atoms with Crippen LogP contribution in [0, 0.1) is 5.82 Å². The van der Waals surface area contributed by atoms with Crippen molar-refractivity contribution >= 4 is 11.8 Å². The van der Waals surface area contributed by atoms with E-state index in [4.69, 9.17) is 9.47 Å². The number of nitrogens with one attached hydrogen (secondary N) is 2. The minimum absolute atomic E-state index is 0.0400. The minimum atomic E-state index is -0.621. The minimum Gasteiger partial charge on any atom is -0.497 e. The van der Waals surface area contributed by atoms with Gasteiger partial charge in [-0.1, -0.05) is 18.2 Å². The zero-order chi connectivity index (χ0) is 16.7. The highest BCUT2D eigenvalue weighted by Crippen LogP contribution is 2.15. The summed E-state index contributed by atoms with van der Waals surface area (Å²) in [5, 5.41) is 0. The highest BCUT2D eigenvalue weighted by molar-refractivity contribution is 5.95. The number of carbonyl (C=O) groups excluding carboxylic acids is 2. The van der Waals surface area contributed by atoms with Gasteiger partial charge < -0.3 is 9.47 Å². The normalized spacial score (nSPS) is 9.83. The fraction of sp³-hybridized carbons (Fsp3) is 0.125. The third-order valence-electron chi connectivity index (χ3n) is 2.84. The van der Waals surface area contributed by atoms with Crippen LogP contribution in [-0.4, -0.2) is 25.5 Å². The fourth-order valence-electron chi connectivity index (χ4n) is 1.70. The summed E-state index contributed by atoms with van der Waals surface area (Å²) in [6.45, 7) is -0.431. The fourth-order valence-corrected chi connectivity index (χ4v) is 1.70. The molecule has 0 unspecified atom stereocenters. The van der Waals surface area contributed by atoms with Gasteiger partial charge in [-0.05, 0) is 30.3 Å². The van der Waals surface area contributed by atoms with Gasteiger partial charge in [0, 0.05) is 5.56 Å². The molecule has 7 heteroatoms. The van der Waals surface area contributed by atoms with Crippen LogP contribution in [0.4, 0.5) is 4.39 Å². The Balaban J connectivity index is 1.82. The molecule has 0 aliphatic carbocycles. The van der Waals surface area contributed by atoms with E-state index in [2.05, 4.69) is 10.9 Å². The molecule has 120 valence electrons. The Hall–Kier alpha value is -3.09. The quantitative estimate of drug-likeness (QED) is 0.822. The molecular formula is C16H15FN2O4. The smallest absolute Gasteiger partial charge is 0.276 e. The van der Waals surface area contributed by atoms with E-state index in [1.165, 1.54) is 31.4 Å². The van der Waals surface area contributed by atoms with E-state index in [0.717, 1.165) is 0 Å². The highest BCUT2D eigenvalue weighted by Gasteiger charge is 2.09. The molecule has 0 heterocycles. The number of hydrogen-bond donors (Lipinski definition) is 2. The summed E-state index contributed by atoms with van der Waals surface area (Å²) in [4.78, 5) is 23.5. The Morgan fingerprint density at radius 1 is 1.09 bits per heavy atom. The molecule has 23 heavy (non-hydrogen) atoms. The van der Waals surface area contributed by atoms with E-state index in [-0.39, 0.29) is 5.75 Å². The van der Waals surface area contributed by atoms with E-state index in [0.29, 0.717) is 11.3 Å². The van der Waals surface area contributed by atoms with Crippen molar-refractivity contribution in [1.29, 1.82) is 0 Å². The second-order valence-electron chi connectivity index (χ2n) is 4.45. The second-order valence-corrected chi connectivity index (χ2v) is 4.45. The first-order chi connectivity index (χ1) is 11.1. The number of carbonyl (C=O) groups is 2. The molecule has 2 aromatic carbocycles. The van der Waals surface area contributed by atoms with Crippen LogP contribution in [0.2, 0.25) is 0 Å². The topological polar surface area (TPSA) is 76.7 Å². The number of amides is 2. The summed E-state index contributed by atoms with van der Waals surface area (Å²) in [5.74, 6) is -1.22. The maximum Gasteiger partial charge on any atom is 0.276 e. The number of rotatable bonds is 5. The van der Waals surface area contributed by atoms with Gasteiger partial charge in [-0.3, -0.25) is 20.4 Å². The predicted octanol–water partition coefficient (Wildman–Crippen LogP) is 1.67. The summed E-state index contributed by atoms with van der Waals surface area (Å²) >= 11 is 0. The molecule has 2 rings (SSSR count). The Bertz CT molecular complexity index is 706. The SMILES string of the molecule is COc1cccc(C(=O)NNC(=O)COc2ccccc2F)c1. The van der Waals surface area contributed by atoms with Crippen molar-refractivity contribution in [3.8, 4) is 11.5 Å². The van der Waals surface area contributed by atoms with Crippen LogP contribution in [0.1, 0.15) is 10.4 Å². The molecule has 0 aromatic heterocycles. The molecule has 0 bridgehead atoms. The average molecular weight is 318 g/mol. The number of benzene rings is 2. The van der Waals surface area contributed by atoms with Crippen molar-refractivity contribution < 1.29 is 23.5 Å². The first kappa shape index (κ1) is 16.3. The van der Waals surface area contributed by atoms with Crippen LogP contribution in [0.5, 0.6) is 11.5 Å². The van der Waals surface area contributed by atoms with E-state index < -0.39 is 24.2 Å². The van der Waals surface area contributed by atoms with Crippen LogP contribution in [-0.2, 0) is 4.79 Å². The molecule has 0 aliphatic rings. The van der Waals surface area contributed by atoms with Crippen molar-refractivity contribution in [1.82, 2.24) is 10.9 Å². The number of halogens is 1. The standard InChI is InChI=1S/C16H15FN2O4/c1-22-12-6-4-5-11(9-12)16(21)19-18-15(20)10-23-14-8-3-2-7-13(14)17/h2-9H,10H2,1H3,(H,18,20)(H,19,21). The van der Waals surface area contributed by atoms with Gasteiger partial charge >= 0.3 is 0 Å². The van der Waals surface area contributed by atoms with Gasteiger partial charge in [-0.15, -0.1) is 0 Å². The summed E-state index contributed by atoms with van der Waals surface area (Å²) in [7, 11) is 1.48. The summed E-state index contributed by atoms with van der Waals surface area (Å²) in [5.41, 5.74) is 4.73. The van der Waals surface area contributed by atoms with Crippen molar-refractivity contribution in [3.63, 3.8) is 0 Å². The predicted molar refractivity (Wildman–Crippen MR) is 80.5 cm³/mol. The average Bonchev–Trinajstić information content (AvgIpc) is 2.59. The van der Waals surface area contributed by atoms with Gasteiger partial charge in [0.05, 0.1) is 7.11 Å². The molecule has 0 saturated heterocycles. The lowest BCUT2D eigenvalue weighted by atomic mass is 10.2. The molecule has 0 spiro atoms. The first-order valence-electron chi connectivity index (χ1n) is 6.70. The van der Waals surface area contributed by atoms with Crippen molar-refractivity contribution in [2.24, 2.45) is 0 Å². The summed E-state index contributed by atoms with van der Waals surface area (Å²) in [6.07, 6.45) is 0. The molecule has 0 fully saturated rings. The maximum atomic E-state index is 13.3. The molecule has 0 saturated carbocycles. The van der Waals surface area contributed by atoms with Gasteiger partial charge in [0.25, 0.3) is 11.8 Å². The third kappa shape index (κ3) is 4.70. The Labute approximate surface area is 132 Å². The highest BCUT2D eigenvalue weighted by atomic mass is 19.1. The lowest BCUT2D eigenvalue weighted by molar-refractivity contribution is -0.123. The van der Waals surface area contributed by atoms with E-state index in [9.17, 15) is 14.0 Å². The molecule has 6 nitrogen and oxygen atoms in total. The van der Waals surface area contributed by atoms with E-state index >= 15 is 0 Å². The summed E-state index contributed by atoms with van der Waals surface area (Å²) in [6, 6.07) is 12.2. The largest absolute Gasteiger partial charge is 0.497 e. The van der Waals surface area contributed by atoms with Crippen molar-refractivity contribution in [2.75, 3.05) is 13.7 Å². The van der Waals surface area contributed by atoms with Gasteiger partial charge in [-0.2, -0.15) is 0 Å². The van der Waals surface area contributed by atoms with Gasteiger partial charge in [0.2, 0.25) is 0 Å². The third-order valence-corrected chi connectivity index (χ3v) is 2.84. The molecule has 2 N–H and O–H groups in total. The van der Waals surface area contributed by atoms with Crippen molar-refractivity contribution in [3.05, 3.63) is 59.9 Å². The molecule has 0 atom stereocenters. The lowest BCUT2D eigenvalue weighted by Gasteiger charge is -2.09. The number of hydrogen-bond acceptors (Lipinski definition) is 4. The number of methoxy groups -OCH3 is 1. The monoisotopic (exact) mass is 318 g/mol.